The third-order valence-corrected chi connectivity index (χ3v) is 3.19. The molecule has 0 unspecified atom stereocenters. The van der Waals surface area contributed by atoms with Gasteiger partial charge in [-0.15, -0.1) is 0 Å². The van der Waals surface area contributed by atoms with Crippen LogP contribution in [0.3, 0.4) is 0 Å². The number of aromatic nitrogens is 1. The number of nitro benzene ring substituents is 1. The van der Waals surface area contributed by atoms with E-state index in [0.717, 1.165) is 0 Å². The molecule has 0 aliphatic carbocycles. The average molecular weight is 286 g/mol. The van der Waals surface area contributed by atoms with E-state index in [-0.39, 0.29) is 18.3 Å². The molecular weight excluding hydrogens is 272 g/mol. The standard InChI is InChI=1S/C14H14N4O3/c1-2-10(8-19)16-14-5-9(7-15)12-6-11(18(20)21)3-4-13(12)17-14/h3-6,10,19H,2,8H2,1H3,(H,16,17)/t10-/m0/s1. The van der Waals surface area contributed by atoms with Gasteiger partial charge in [-0.05, 0) is 18.6 Å². The van der Waals surface area contributed by atoms with Crippen LogP contribution in [0.4, 0.5) is 11.5 Å². The Morgan fingerprint density at radius 1 is 1.52 bits per heavy atom. The number of pyridine rings is 1. The van der Waals surface area contributed by atoms with Gasteiger partial charge in [0, 0.05) is 17.5 Å². The number of nitro groups is 1. The predicted molar refractivity (Wildman–Crippen MR) is 77.9 cm³/mol. The zero-order valence-corrected chi connectivity index (χ0v) is 11.4. The number of benzene rings is 1. The summed E-state index contributed by atoms with van der Waals surface area (Å²) >= 11 is 0. The maximum absolute atomic E-state index is 10.8. The molecule has 2 rings (SSSR count). The second-order valence-corrected chi connectivity index (χ2v) is 4.56. The van der Waals surface area contributed by atoms with Crippen LogP contribution in [0.5, 0.6) is 0 Å². The number of non-ortho nitro benzene ring substituents is 1. The Morgan fingerprint density at radius 2 is 2.29 bits per heavy atom. The molecule has 2 N–H and O–H groups in total. The second-order valence-electron chi connectivity index (χ2n) is 4.56. The number of nitrogens with one attached hydrogen (secondary N) is 1. The minimum Gasteiger partial charge on any atom is -0.394 e. The molecule has 7 nitrogen and oxygen atoms in total. The lowest BCUT2D eigenvalue weighted by Gasteiger charge is -2.15. The van der Waals surface area contributed by atoms with Crippen molar-refractivity contribution < 1.29 is 10.0 Å². The zero-order chi connectivity index (χ0) is 15.4. The van der Waals surface area contributed by atoms with Gasteiger partial charge in [-0.1, -0.05) is 6.92 Å². The van der Waals surface area contributed by atoms with Crippen molar-refractivity contribution in [2.75, 3.05) is 11.9 Å². The van der Waals surface area contributed by atoms with Gasteiger partial charge in [-0.2, -0.15) is 5.26 Å². The molecule has 0 radical (unpaired) electrons. The van der Waals surface area contributed by atoms with Gasteiger partial charge < -0.3 is 10.4 Å². The number of nitriles is 1. The Labute approximate surface area is 121 Å². The Morgan fingerprint density at radius 3 is 2.86 bits per heavy atom. The summed E-state index contributed by atoms with van der Waals surface area (Å²) < 4.78 is 0. The predicted octanol–water partition coefficient (Wildman–Crippen LogP) is 2.20. The highest BCUT2D eigenvalue weighted by Gasteiger charge is 2.13. The van der Waals surface area contributed by atoms with E-state index in [9.17, 15) is 20.5 Å². The summed E-state index contributed by atoms with van der Waals surface area (Å²) in [6, 6.07) is 7.60. The highest BCUT2D eigenvalue weighted by atomic mass is 16.6. The van der Waals surface area contributed by atoms with Gasteiger partial charge in [-0.3, -0.25) is 10.1 Å². The molecule has 0 saturated carbocycles. The summed E-state index contributed by atoms with van der Waals surface area (Å²) in [6.07, 6.45) is 0.707. The fraction of sp³-hybridized carbons (Fsp3) is 0.286. The monoisotopic (exact) mass is 286 g/mol. The molecule has 0 aliphatic rings. The number of hydrogen-bond acceptors (Lipinski definition) is 6. The smallest absolute Gasteiger partial charge is 0.270 e. The van der Waals surface area contributed by atoms with Crippen LogP contribution in [0.1, 0.15) is 18.9 Å². The van der Waals surface area contributed by atoms with Crippen molar-refractivity contribution in [1.29, 1.82) is 5.26 Å². The van der Waals surface area contributed by atoms with E-state index in [2.05, 4.69) is 10.3 Å². The first-order chi connectivity index (χ1) is 10.1. The lowest BCUT2D eigenvalue weighted by atomic mass is 10.1. The van der Waals surface area contributed by atoms with Gasteiger partial charge in [0.05, 0.1) is 34.7 Å². The normalized spacial score (nSPS) is 11.9. The van der Waals surface area contributed by atoms with Crippen molar-refractivity contribution in [3.8, 4) is 6.07 Å². The Bertz CT molecular complexity index is 720. The van der Waals surface area contributed by atoms with E-state index in [0.29, 0.717) is 28.7 Å². The van der Waals surface area contributed by atoms with Crippen LogP contribution >= 0.6 is 0 Å². The number of hydrogen-bond donors (Lipinski definition) is 2. The third kappa shape index (κ3) is 3.07. The molecule has 7 heteroatoms. The van der Waals surface area contributed by atoms with E-state index in [1.807, 2.05) is 13.0 Å². The van der Waals surface area contributed by atoms with Crippen LogP contribution in [-0.4, -0.2) is 27.7 Å². The summed E-state index contributed by atoms with van der Waals surface area (Å²) in [6.45, 7) is 1.88. The molecule has 0 fully saturated rings. The number of rotatable bonds is 5. The molecule has 1 aromatic carbocycles. The molecule has 2 aromatic rings. The van der Waals surface area contributed by atoms with Crippen molar-refractivity contribution in [3.63, 3.8) is 0 Å². The van der Waals surface area contributed by atoms with Crippen molar-refractivity contribution in [2.24, 2.45) is 0 Å². The number of aliphatic hydroxyl groups is 1. The largest absolute Gasteiger partial charge is 0.394 e. The molecule has 21 heavy (non-hydrogen) atoms. The van der Waals surface area contributed by atoms with Gasteiger partial charge in [0.15, 0.2) is 0 Å². The number of nitrogens with zero attached hydrogens (tertiary/aromatic N) is 3. The molecular formula is C14H14N4O3. The molecule has 1 heterocycles. The third-order valence-electron chi connectivity index (χ3n) is 3.19. The molecule has 108 valence electrons. The van der Waals surface area contributed by atoms with E-state index in [1.165, 1.54) is 24.3 Å². The lowest BCUT2D eigenvalue weighted by molar-refractivity contribution is -0.384. The van der Waals surface area contributed by atoms with Crippen LogP contribution in [-0.2, 0) is 0 Å². The SMILES string of the molecule is CC[C@@H](CO)Nc1cc(C#N)c2cc([N+](=O)[O-])ccc2n1. The van der Waals surface area contributed by atoms with Crippen LogP contribution in [0.2, 0.25) is 0 Å². The Balaban J connectivity index is 2.52. The maximum atomic E-state index is 10.8. The number of aliphatic hydroxyl groups excluding tert-OH is 1. The minimum absolute atomic E-state index is 0.0433. The van der Waals surface area contributed by atoms with Gasteiger partial charge in [0.1, 0.15) is 5.82 Å². The fourth-order valence-corrected chi connectivity index (χ4v) is 1.98. The summed E-state index contributed by atoms with van der Waals surface area (Å²) in [5.74, 6) is 0.466. The highest BCUT2D eigenvalue weighted by molar-refractivity contribution is 5.88. The van der Waals surface area contributed by atoms with E-state index >= 15 is 0 Å². The van der Waals surface area contributed by atoms with Crippen molar-refractivity contribution in [2.45, 2.75) is 19.4 Å². The quantitative estimate of drug-likeness (QED) is 0.643. The zero-order valence-electron chi connectivity index (χ0n) is 11.4. The van der Waals surface area contributed by atoms with Gasteiger partial charge in [-0.25, -0.2) is 4.98 Å². The van der Waals surface area contributed by atoms with Gasteiger partial charge >= 0.3 is 0 Å². The lowest BCUT2D eigenvalue weighted by Crippen LogP contribution is -2.23. The van der Waals surface area contributed by atoms with Gasteiger partial charge in [0.25, 0.3) is 5.69 Å². The molecule has 0 bridgehead atoms. The molecule has 0 spiro atoms. The number of anilines is 1. The van der Waals surface area contributed by atoms with Gasteiger partial charge in [0.2, 0.25) is 0 Å². The Hall–Kier alpha value is -2.72. The first kappa shape index (κ1) is 14.7. The fourth-order valence-electron chi connectivity index (χ4n) is 1.98. The first-order valence-corrected chi connectivity index (χ1v) is 6.45. The number of fused-ring (bicyclic) bond motifs is 1. The first-order valence-electron chi connectivity index (χ1n) is 6.45. The summed E-state index contributed by atoms with van der Waals surface area (Å²) in [5.41, 5.74) is 0.720. The summed E-state index contributed by atoms with van der Waals surface area (Å²) in [5, 5.41) is 32.7. The topological polar surface area (TPSA) is 112 Å². The van der Waals surface area contributed by atoms with Crippen molar-refractivity contribution >= 4 is 22.4 Å². The van der Waals surface area contributed by atoms with Crippen LogP contribution in [0.25, 0.3) is 10.9 Å². The summed E-state index contributed by atoms with van der Waals surface area (Å²) in [4.78, 5) is 14.6. The van der Waals surface area contributed by atoms with Crippen molar-refractivity contribution in [1.82, 2.24) is 4.98 Å². The molecule has 1 aromatic heterocycles. The molecule has 0 saturated heterocycles. The maximum Gasteiger partial charge on any atom is 0.270 e. The van der Waals surface area contributed by atoms with Crippen molar-refractivity contribution in [3.05, 3.63) is 39.9 Å². The van der Waals surface area contributed by atoms with Crippen LogP contribution < -0.4 is 5.32 Å². The molecule has 1 atom stereocenters. The van der Waals surface area contributed by atoms with E-state index in [4.69, 9.17) is 0 Å². The molecule has 0 aliphatic heterocycles. The average Bonchev–Trinajstić information content (AvgIpc) is 2.51. The second kappa shape index (κ2) is 6.15. The highest BCUT2D eigenvalue weighted by Crippen LogP contribution is 2.25. The van der Waals surface area contributed by atoms with Crippen LogP contribution in [0, 0.1) is 21.4 Å². The van der Waals surface area contributed by atoms with E-state index in [1.54, 1.807) is 0 Å². The van der Waals surface area contributed by atoms with Crippen LogP contribution in [0.15, 0.2) is 24.3 Å². The minimum atomic E-state index is -0.508. The Kier molecular flexibility index (Phi) is 4.30. The van der Waals surface area contributed by atoms with E-state index < -0.39 is 4.92 Å². The summed E-state index contributed by atoms with van der Waals surface area (Å²) in [7, 11) is 0. The molecule has 0 amide bonds.